The van der Waals surface area contributed by atoms with Crippen LogP contribution in [0, 0.1) is 10.7 Å². The van der Waals surface area contributed by atoms with Crippen LogP contribution in [0.25, 0.3) is 0 Å². The molecule has 0 unspecified atom stereocenters. The van der Waals surface area contributed by atoms with Crippen molar-refractivity contribution in [3.05, 3.63) is 21.8 Å². The second-order valence-corrected chi connectivity index (χ2v) is 8.01. The highest BCUT2D eigenvalue weighted by Crippen LogP contribution is 2.33. The van der Waals surface area contributed by atoms with Gasteiger partial charge >= 0.3 is 0 Å². The number of benzene rings is 1. The van der Waals surface area contributed by atoms with E-state index in [1.165, 1.54) is 0 Å². The predicted octanol–water partition coefficient (Wildman–Crippen LogP) is 1.31. The fraction of sp³-hybridized carbons (Fsp3) is 0.429. The van der Waals surface area contributed by atoms with E-state index in [9.17, 15) is 9.59 Å². The Balaban J connectivity index is 3.21. The molecule has 0 bridgehead atoms. The number of carbonyl (C=O) groups is 2. The number of hydrogen-bond acceptors (Lipinski definition) is 5. The van der Waals surface area contributed by atoms with Crippen LogP contribution in [-0.2, 0) is 0 Å². The Morgan fingerprint density at radius 3 is 1.54 bits per heavy atom. The van der Waals surface area contributed by atoms with E-state index in [1.54, 1.807) is 0 Å². The lowest BCUT2D eigenvalue weighted by Gasteiger charge is -2.17. The molecule has 0 fully saturated rings. The molecule has 0 aliphatic heterocycles. The highest BCUT2D eigenvalue weighted by molar-refractivity contribution is 14.1. The van der Waals surface area contributed by atoms with E-state index in [1.807, 2.05) is 67.8 Å². The van der Waals surface area contributed by atoms with E-state index in [2.05, 4.69) is 10.6 Å². The van der Waals surface area contributed by atoms with Crippen molar-refractivity contribution in [3.63, 3.8) is 0 Å². The molecule has 0 radical (unpaired) electrons. The van der Waals surface area contributed by atoms with Gasteiger partial charge in [0.05, 0.1) is 24.0 Å². The van der Waals surface area contributed by atoms with Crippen molar-refractivity contribution in [2.75, 3.05) is 32.0 Å². The van der Waals surface area contributed by atoms with E-state index in [4.69, 9.17) is 15.9 Å². The molecular formula is C14H18I3N3O4. The lowest BCUT2D eigenvalue weighted by atomic mass is 10.1. The third-order valence-electron chi connectivity index (χ3n) is 3.05. The van der Waals surface area contributed by atoms with Crippen LogP contribution in [-0.4, -0.2) is 48.3 Å². The number of amides is 2. The average Bonchev–Trinajstić information content (AvgIpc) is 2.53. The Bertz CT molecular complexity index is 577. The zero-order chi connectivity index (χ0) is 18.3. The average molecular weight is 673 g/mol. The fourth-order valence-electron chi connectivity index (χ4n) is 1.82. The topological polar surface area (TPSA) is 125 Å². The normalized spacial score (nSPS) is 10.5. The zero-order valence-electron chi connectivity index (χ0n) is 12.7. The highest BCUT2D eigenvalue weighted by Gasteiger charge is 2.26. The lowest BCUT2D eigenvalue weighted by molar-refractivity contribution is 0.0949. The Labute approximate surface area is 180 Å². The third kappa shape index (κ3) is 5.54. The molecule has 1 aromatic rings. The summed E-state index contributed by atoms with van der Waals surface area (Å²) in [6.07, 6.45) is 0.903. The molecule has 24 heavy (non-hydrogen) atoms. The molecule has 0 saturated heterocycles. The first kappa shape index (κ1) is 22.1. The molecule has 7 nitrogen and oxygen atoms in total. The van der Waals surface area contributed by atoms with E-state index >= 15 is 0 Å². The van der Waals surface area contributed by atoms with Crippen LogP contribution in [0.5, 0.6) is 0 Å². The molecule has 0 aliphatic carbocycles. The molecule has 6 N–H and O–H groups in total. The maximum atomic E-state index is 12.4. The van der Waals surface area contributed by atoms with Crippen molar-refractivity contribution in [2.24, 2.45) is 0 Å². The molecule has 0 saturated carbocycles. The zero-order valence-corrected chi connectivity index (χ0v) is 19.1. The van der Waals surface area contributed by atoms with Gasteiger partial charge in [0, 0.05) is 29.9 Å². The number of nitrogen functional groups attached to an aromatic ring is 1. The number of aliphatic hydroxyl groups is 2. The van der Waals surface area contributed by atoms with Crippen LogP contribution in [0.15, 0.2) is 0 Å². The Morgan fingerprint density at radius 1 is 0.833 bits per heavy atom. The van der Waals surface area contributed by atoms with Crippen molar-refractivity contribution in [1.82, 2.24) is 10.6 Å². The first-order valence-corrected chi connectivity index (χ1v) is 10.3. The minimum Gasteiger partial charge on any atom is -0.397 e. The second kappa shape index (κ2) is 10.9. The molecule has 0 aliphatic rings. The van der Waals surface area contributed by atoms with Gasteiger partial charge in [-0.05, 0) is 80.6 Å². The highest BCUT2D eigenvalue weighted by atomic mass is 127. The van der Waals surface area contributed by atoms with Crippen LogP contribution in [0.4, 0.5) is 5.69 Å². The number of nitrogens with two attached hydrogens (primary N) is 1. The van der Waals surface area contributed by atoms with Gasteiger partial charge in [-0.2, -0.15) is 0 Å². The van der Waals surface area contributed by atoms with Crippen molar-refractivity contribution < 1.29 is 19.8 Å². The number of rotatable bonds is 8. The van der Waals surface area contributed by atoms with Crippen molar-refractivity contribution in [3.8, 4) is 0 Å². The van der Waals surface area contributed by atoms with Crippen LogP contribution in [0.2, 0.25) is 0 Å². The monoisotopic (exact) mass is 673 g/mol. The molecule has 0 heterocycles. The van der Waals surface area contributed by atoms with Gasteiger partial charge in [-0.1, -0.05) is 0 Å². The summed E-state index contributed by atoms with van der Waals surface area (Å²) in [6.45, 7) is 0.653. The Hall–Kier alpha value is 0.0700. The minimum atomic E-state index is -0.329. The van der Waals surface area contributed by atoms with Crippen LogP contribution < -0.4 is 16.4 Å². The first-order valence-electron chi connectivity index (χ1n) is 7.10. The molecule has 0 atom stereocenters. The summed E-state index contributed by atoms with van der Waals surface area (Å²) in [7, 11) is 0. The molecule has 134 valence electrons. The number of nitrogens with one attached hydrogen (secondary N) is 2. The summed E-state index contributed by atoms with van der Waals surface area (Å²) >= 11 is 5.97. The summed E-state index contributed by atoms with van der Waals surface area (Å²) in [5.74, 6) is -0.658. The SMILES string of the molecule is Nc1c(I)c(C(=O)NCCCO)c(I)c(C(=O)NCCCO)c1I. The van der Waals surface area contributed by atoms with Crippen molar-refractivity contribution >= 4 is 85.3 Å². The van der Waals surface area contributed by atoms with E-state index < -0.39 is 0 Å². The summed E-state index contributed by atoms with van der Waals surface area (Å²) in [4.78, 5) is 24.9. The Morgan fingerprint density at radius 2 is 1.21 bits per heavy atom. The van der Waals surface area contributed by atoms with E-state index in [0.29, 0.717) is 53.5 Å². The van der Waals surface area contributed by atoms with Crippen LogP contribution >= 0.6 is 67.8 Å². The van der Waals surface area contributed by atoms with Gasteiger partial charge in [0.1, 0.15) is 0 Å². The van der Waals surface area contributed by atoms with Crippen molar-refractivity contribution in [2.45, 2.75) is 12.8 Å². The molecule has 1 aromatic carbocycles. The van der Waals surface area contributed by atoms with Gasteiger partial charge in [0.25, 0.3) is 11.8 Å². The first-order chi connectivity index (χ1) is 11.4. The maximum Gasteiger partial charge on any atom is 0.253 e. The lowest BCUT2D eigenvalue weighted by Crippen LogP contribution is -2.31. The maximum absolute atomic E-state index is 12.4. The molecule has 10 heteroatoms. The molecular weight excluding hydrogens is 655 g/mol. The second-order valence-electron chi connectivity index (χ2n) is 4.77. The van der Waals surface area contributed by atoms with Crippen molar-refractivity contribution in [1.29, 1.82) is 0 Å². The number of anilines is 1. The van der Waals surface area contributed by atoms with Gasteiger partial charge in [0.15, 0.2) is 0 Å². The van der Waals surface area contributed by atoms with E-state index in [0.717, 1.165) is 0 Å². The smallest absolute Gasteiger partial charge is 0.253 e. The third-order valence-corrected chi connectivity index (χ3v) is 6.37. The van der Waals surface area contributed by atoms with Gasteiger partial charge < -0.3 is 26.6 Å². The Kier molecular flexibility index (Phi) is 10.1. The predicted molar refractivity (Wildman–Crippen MR) is 117 cm³/mol. The van der Waals surface area contributed by atoms with Crippen LogP contribution in [0.3, 0.4) is 0 Å². The summed E-state index contributed by atoms with van der Waals surface area (Å²) in [5, 5.41) is 23.1. The standard InChI is InChI=1S/C14H18I3N3O4/c15-9-7(13(23)19-3-1-5-21)10(16)12(18)11(17)8(9)14(24)20-4-2-6-22/h21-22H,1-6,18H2,(H,19,23)(H,20,24). The molecule has 0 aromatic heterocycles. The summed E-state index contributed by atoms with van der Waals surface area (Å²) in [6, 6.07) is 0. The molecule has 2 amide bonds. The molecule has 1 rings (SSSR count). The summed E-state index contributed by atoms with van der Waals surface area (Å²) in [5.41, 5.74) is 7.19. The van der Waals surface area contributed by atoms with Gasteiger partial charge in [-0.25, -0.2) is 0 Å². The summed E-state index contributed by atoms with van der Waals surface area (Å²) < 4.78 is 1.71. The number of halogens is 3. The van der Waals surface area contributed by atoms with Gasteiger partial charge in [-0.15, -0.1) is 0 Å². The minimum absolute atomic E-state index is 0.0121. The fourth-order valence-corrected chi connectivity index (χ4v) is 5.97. The number of aliphatic hydroxyl groups excluding tert-OH is 2. The van der Waals surface area contributed by atoms with Crippen LogP contribution in [0.1, 0.15) is 33.6 Å². The van der Waals surface area contributed by atoms with Gasteiger partial charge in [-0.3, -0.25) is 9.59 Å². The number of carbonyl (C=O) groups excluding carboxylic acids is 2. The quantitative estimate of drug-likeness (QED) is 0.162. The number of hydrogen-bond donors (Lipinski definition) is 5. The largest absolute Gasteiger partial charge is 0.397 e. The van der Waals surface area contributed by atoms with Gasteiger partial charge in [0.2, 0.25) is 0 Å². The van der Waals surface area contributed by atoms with E-state index in [-0.39, 0.29) is 25.0 Å². The molecule has 0 spiro atoms.